The fourth-order valence-corrected chi connectivity index (χ4v) is 1.80. The predicted octanol–water partition coefficient (Wildman–Crippen LogP) is 0.274. The highest BCUT2D eigenvalue weighted by Gasteiger charge is 2.42. The minimum atomic E-state index is -0.856. The molecule has 1 N–H and O–H groups in total. The molecular formula is C9H14N2O2. The minimum absolute atomic E-state index is 0.128. The summed E-state index contributed by atoms with van der Waals surface area (Å²) in [6, 6.07) is 1.84. The van der Waals surface area contributed by atoms with Gasteiger partial charge in [0.15, 0.2) is 0 Å². The number of aryl methyl sites for hydroxylation is 1. The van der Waals surface area contributed by atoms with Gasteiger partial charge in [0.05, 0.1) is 18.9 Å². The van der Waals surface area contributed by atoms with Crippen LogP contribution < -0.4 is 0 Å². The van der Waals surface area contributed by atoms with Crippen LogP contribution in [-0.2, 0) is 17.4 Å². The highest BCUT2D eigenvalue weighted by molar-refractivity contribution is 5.14. The molecule has 1 aromatic heterocycles. The van der Waals surface area contributed by atoms with Gasteiger partial charge in [0.1, 0.15) is 5.60 Å². The summed E-state index contributed by atoms with van der Waals surface area (Å²) in [6.45, 7) is 2.97. The van der Waals surface area contributed by atoms with E-state index >= 15 is 0 Å². The van der Waals surface area contributed by atoms with Gasteiger partial charge in [0, 0.05) is 19.2 Å². The largest absolute Gasteiger partial charge is 0.381 e. The fraction of sp³-hybridized carbons (Fsp3) is 0.667. The number of aliphatic hydroxyl groups is 1. The maximum Gasteiger partial charge on any atom is 0.134 e. The van der Waals surface area contributed by atoms with E-state index in [1.807, 2.05) is 20.0 Å². The summed E-state index contributed by atoms with van der Waals surface area (Å²) in [5, 5.41) is 14.4. The molecule has 2 heterocycles. The van der Waals surface area contributed by atoms with Gasteiger partial charge in [0.2, 0.25) is 0 Å². The molecule has 0 radical (unpaired) electrons. The Morgan fingerprint density at radius 1 is 1.77 bits per heavy atom. The van der Waals surface area contributed by atoms with E-state index in [0.717, 1.165) is 5.69 Å². The Hall–Kier alpha value is -0.870. The van der Waals surface area contributed by atoms with Crippen molar-refractivity contribution < 1.29 is 9.84 Å². The van der Waals surface area contributed by atoms with Gasteiger partial charge in [-0.05, 0) is 6.07 Å². The summed E-state index contributed by atoms with van der Waals surface area (Å²) in [6.07, 6.45) is 1.69. The maximum atomic E-state index is 10.3. The summed E-state index contributed by atoms with van der Waals surface area (Å²) in [5.74, 6) is 0.128. The van der Waals surface area contributed by atoms with Crippen molar-refractivity contribution in [1.29, 1.82) is 0 Å². The molecule has 1 saturated heterocycles. The van der Waals surface area contributed by atoms with Gasteiger partial charge in [-0.1, -0.05) is 6.92 Å². The zero-order valence-electron chi connectivity index (χ0n) is 7.90. The van der Waals surface area contributed by atoms with E-state index in [0.29, 0.717) is 13.2 Å². The Morgan fingerprint density at radius 2 is 2.54 bits per heavy atom. The van der Waals surface area contributed by atoms with Crippen molar-refractivity contribution in [2.24, 2.45) is 13.0 Å². The van der Waals surface area contributed by atoms with Gasteiger partial charge in [-0.3, -0.25) is 4.68 Å². The van der Waals surface area contributed by atoms with E-state index in [4.69, 9.17) is 4.74 Å². The van der Waals surface area contributed by atoms with Gasteiger partial charge in [-0.25, -0.2) is 0 Å². The second-order valence-corrected chi connectivity index (χ2v) is 3.68. The minimum Gasteiger partial charge on any atom is -0.381 e. The van der Waals surface area contributed by atoms with E-state index < -0.39 is 5.60 Å². The van der Waals surface area contributed by atoms with Crippen molar-refractivity contribution in [1.82, 2.24) is 9.78 Å². The van der Waals surface area contributed by atoms with Crippen molar-refractivity contribution in [2.45, 2.75) is 12.5 Å². The Bertz CT molecular complexity index is 310. The van der Waals surface area contributed by atoms with Crippen LogP contribution in [0.2, 0.25) is 0 Å². The molecule has 0 saturated carbocycles. The lowest BCUT2D eigenvalue weighted by Gasteiger charge is -2.25. The Kier molecular flexibility index (Phi) is 1.89. The summed E-state index contributed by atoms with van der Waals surface area (Å²) in [5.41, 5.74) is -0.0249. The molecule has 1 aromatic rings. The summed E-state index contributed by atoms with van der Waals surface area (Å²) in [4.78, 5) is 0. The van der Waals surface area contributed by atoms with Gasteiger partial charge in [-0.15, -0.1) is 0 Å². The molecule has 0 bridgehead atoms. The monoisotopic (exact) mass is 182 g/mol. The number of nitrogens with zero attached hydrogens (tertiary/aromatic N) is 2. The topological polar surface area (TPSA) is 47.3 Å². The van der Waals surface area contributed by atoms with Crippen molar-refractivity contribution in [3.05, 3.63) is 18.0 Å². The maximum absolute atomic E-state index is 10.3. The average Bonchev–Trinajstić information content (AvgIpc) is 2.62. The fourth-order valence-electron chi connectivity index (χ4n) is 1.80. The van der Waals surface area contributed by atoms with Crippen molar-refractivity contribution in [3.8, 4) is 0 Å². The van der Waals surface area contributed by atoms with Crippen LogP contribution in [0.3, 0.4) is 0 Å². The molecule has 0 amide bonds. The molecule has 4 heteroatoms. The normalized spacial score (nSPS) is 33.9. The smallest absolute Gasteiger partial charge is 0.134 e. The number of aromatic nitrogens is 2. The third-order valence-corrected chi connectivity index (χ3v) is 2.77. The first-order chi connectivity index (χ1) is 6.14. The van der Waals surface area contributed by atoms with Crippen LogP contribution in [0.15, 0.2) is 12.3 Å². The first kappa shape index (κ1) is 8.72. The Morgan fingerprint density at radius 3 is 3.00 bits per heavy atom. The zero-order chi connectivity index (χ0) is 9.47. The molecule has 0 aromatic carbocycles. The van der Waals surface area contributed by atoms with Crippen molar-refractivity contribution in [2.75, 3.05) is 13.2 Å². The van der Waals surface area contributed by atoms with Gasteiger partial charge in [-0.2, -0.15) is 5.10 Å². The van der Waals surface area contributed by atoms with Crippen molar-refractivity contribution >= 4 is 0 Å². The van der Waals surface area contributed by atoms with Crippen LogP contribution >= 0.6 is 0 Å². The second-order valence-electron chi connectivity index (χ2n) is 3.68. The predicted molar refractivity (Wildman–Crippen MR) is 47.1 cm³/mol. The number of hydrogen-bond donors (Lipinski definition) is 1. The van der Waals surface area contributed by atoms with Crippen LogP contribution in [0, 0.1) is 5.92 Å². The number of ether oxygens (including phenoxy) is 1. The second kappa shape index (κ2) is 2.82. The third kappa shape index (κ3) is 1.17. The van der Waals surface area contributed by atoms with E-state index in [1.165, 1.54) is 0 Å². The van der Waals surface area contributed by atoms with Crippen LogP contribution in [0.5, 0.6) is 0 Å². The quantitative estimate of drug-likeness (QED) is 0.678. The standard InChI is InChI=1S/C9H14N2O2/c1-7-5-13-6-9(7,12)8-3-4-10-11(8)2/h3-4,7,12H,5-6H2,1-2H3. The van der Waals surface area contributed by atoms with Crippen LogP contribution in [0.25, 0.3) is 0 Å². The Balaban J connectivity index is 2.39. The molecule has 13 heavy (non-hydrogen) atoms. The van der Waals surface area contributed by atoms with E-state index in [9.17, 15) is 5.11 Å². The molecule has 0 spiro atoms. The molecule has 0 aliphatic carbocycles. The lowest BCUT2D eigenvalue weighted by molar-refractivity contribution is -0.00636. The molecule has 1 aliphatic rings. The molecule has 72 valence electrons. The summed E-state index contributed by atoms with van der Waals surface area (Å²) in [7, 11) is 1.83. The average molecular weight is 182 g/mol. The zero-order valence-corrected chi connectivity index (χ0v) is 7.90. The summed E-state index contributed by atoms with van der Waals surface area (Å²) >= 11 is 0. The SMILES string of the molecule is CC1COCC1(O)c1ccnn1C. The van der Waals surface area contributed by atoms with E-state index in [1.54, 1.807) is 10.9 Å². The molecule has 2 rings (SSSR count). The highest BCUT2D eigenvalue weighted by Crippen LogP contribution is 2.34. The first-order valence-electron chi connectivity index (χ1n) is 4.43. The molecule has 1 aliphatic heterocycles. The first-order valence-corrected chi connectivity index (χ1v) is 4.43. The van der Waals surface area contributed by atoms with Crippen LogP contribution in [-0.4, -0.2) is 28.1 Å². The highest BCUT2D eigenvalue weighted by atomic mass is 16.5. The lowest BCUT2D eigenvalue weighted by Crippen LogP contribution is -2.34. The summed E-state index contributed by atoms with van der Waals surface area (Å²) < 4.78 is 6.96. The van der Waals surface area contributed by atoms with Crippen LogP contribution in [0.4, 0.5) is 0 Å². The van der Waals surface area contributed by atoms with E-state index in [2.05, 4.69) is 5.10 Å². The lowest BCUT2D eigenvalue weighted by atomic mass is 9.89. The number of hydrogen-bond acceptors (Lipinski definition) is 3. The van der Waals surface area contributed by atoms with Gasteiger partial charge < -0.3 is 9.84 Å². The van der Waals surface area contributed by atoms with Gasteiger partial charge >= 0.3 is 0 Å². The van der Waals surface area contributed by atoms with Crippen LogP contribution in [0.1, 0.15) is 12.6 Å². The van der Waals surface area contributed by atoms with Crippen molar-refractivity contribution in [3.63, 3.8) is 0 Å². The Labute approximate surface area is 77.1 Å². The molecular weight excluding hydrogens is 168 g/mol. The number of rotatable bonds is 1. The third-order valence-electron chi connectivity index (χ3n) is 2.77. The molecule has 4 nitrogen and oxygen atoms in total. The molecule has 2 atom stereocenters. The molecule has 1 fully saturated rings. The van der Waals surface area contributed by atoms with E-state index in [-0.39, 0.29) is 5.92 Å². The molecule has 2 unspecified atom stereocenters. The van der Waals surface area contributed by atoms with Gasteiger partial charge in [0.25, 0.3) is 0 Å².